The molecule has 2 heterocycles. The van der Waals surface area contributed by atoms with Gasteiger partial charge in [-0.15, -0.1) is 0 Å². The number of carbonyl (C=O) groups is 1. The summed E-state index contributed by atoms with van der Waals surface area (Å²) in [6.07, 6.45) is 2.95. The van der Waals surface area contributed by atoms with Gasteiger partial charge in [0.05, 0.1) is 5.56 Å². The van der Waals surface area contributed by atoms with Gasteiger partial charge in [-0.05, 0) is 36.8 Å². The number of nitrogens with zero attached hydrogens (tertiary/aromatic N) is 1. The summed E-state index contributed by atoms with van der Waals surface area (Å²) < 4.78 is 5.52. The van der Waals surface area contributed by atoms with Gasteiger partial charge in [-0.25, -0.2) is 9.78 Å². The zero-order chi connectivity index (χ0) is 14.8. The third-order valence-electron chi connectivity index (χ3n) is 3.28. The SMILES string of the molecule is CC(OC(=O)c1ccnc2[nH]ccc12)c1cccc(Cl)c1. The molecule has 1 atom stereocenters. The molecule has 3 rings (SSSR count). The van der Waals surface area contributed by atoms with Crippen LogP contribution in [0.15, 0.2) is 48.8 Å². The van der Waals surface area contributed by atoms with Gasteiger partial charge in [0.2, 0.25) is 0 Å². The highest BCUT2D eigenvalue weighted by Crippen LogP contribution is 2.23. The highest BCUT2D eigenvalue weighted by Gasteiger charge is 2.17. The Bertz CT molecular complexity index is 798. The van der Waals surface area contributed by atoms with Crippen LogP contribution in [0, 0.1) is 0 Å². The molecular formula is C16H13ClN2O2. The van der Waals surface area contributed by atoms with Gasteiger partial charge in [0.25, 0.3) is 0 Å². The van der Waals surface area contributed by atoms with Crippen LogP contribution >= 0.6 is 11.6 Å². The topological polar surface area (TPSA) is 55.0 Å². The molecule has 21 heavy (non-hydrogen) atoms. The lowest BCUT2D eigenvalue weighted by atomic mass is 10.1. The number of H-pyrrole nitrogens is 1. The number of ether oxygens (including phenoxy) is 1. The van der Waals surface area contributed by atoms with Crippen LogP contribution < -0.4 is 0 Å². The van der Waals surface area contributed by atoms with Crippen molar-refractivity contribution >= 4 is 28.6 Å². The van der Waals surface area contributed by atoms with Crippen molar-refractivity contribution in [3.63, 3.8) is 0 Å². The second kappa shape index (κ2) is 5.58. The van der Waals surface area contributed by atoms with Gasteiger partial charge in [-0.2, -0.15) is 0 Å². The average Bonchev–Trinajstić information content (AvgIpc) is 2.95. The zero-order valence-electron chi connectivity index (χ0n) is 11.3. The minimum Gasteiger partial charge on any atom is -0.454 e. The number of hydrogen-bond acceptors (Lipinski definition) is 3. The molecular weight excluding hydrogens is 288 g/mol. The van der Waals surface area contributed by atoms with Crippen molar-refractivity contribution in [2.24, 2.45) is 0 Å². The molecule has 2 aromatic heterocycles. The molecule has 1 aromatic carbocycles. The third-order valence-corrected chi connectivity index (χ3v) is 3.52. The molecule has 0 bridgehead atoms. The summed E-state index contributed by atoms with van der Waals surface area (Å²) >= 11 is 5.95. The number of esters is 1. The Hall–Kier alpha value is -2.33. The highest BCUT2D eigenvalue weighted by molar-refractivity contribution is 6.30. The van der Waals surface area contributed by atoms with E-state index in [4.69, 9.17) is 16.3 Å². The fourth-order valence-corrected chi connectivity index (χ4v) is 2.39. The molecule has 106 valence electrons. The molecule has 3 aromatic rings. The van der Waals surface area contributed by atoms with E-state index in [-0.39, 0.29) is 12.1 Å². The predicted octanol–water partition coefficient (Wildman–Crippen LogP) is 4.13. The maximum atomic E-state index is 12.3. The second-order valence-electron chi connectivity index (χ2n) is 4.70. The number of aromatic nitrogens is 2. The molecule has 0 aliphatic rings. The number of fused-ring (bicyclic) bond motifs is 1. The van der Waals surface area contributed by atoms with Crippen molar-refractivity contribution in [1.82, 2.24) is 9.97 Å². The maximum Gasteiger partial charge on any atom is 0.339 e. The summed E-state index contributed by atoms with van der Waals surface area (Å²) in [4.78, 5) is 19.5. The maximum absolute atomic E-state index is 12.3. The minimum absolute atomic E-state index is 0.377. The minimum atomic E-state index is -0.380. The van der Waals surface area contributed by atoms with E-state index in [1.807, 2.05) is 25.1 Å². The van der Waals surface area contributed by atoms with Crippen LogP contribution in [0.25, 0.3) is 11.0 Å². The Morgan fingerprint density at radius 1 is 1.33 bits per heavy atom. The number of halogens is 1. The van der Waals surface area contributed by atoms with E-state index in [9.17, 15) is 4.79 Å². The van der Waals surface area contributed by atoms with E-state index in [1.165, 1.54) is 0 Å². The zero-order valence-corrected chi connectivity index (χ0v) is 12.1. The first-order valence-corrected chi connectivity index (χ1v) is 6.91. The normalized spacial score (nSPS) is 12.3. The van der Waals surface area contributed by atoms with E-state index < -0.39 is 0 Å². The average molecular weight is 301 g/mol. The molecule has 4 nitrogen and oxygen atoms in total. The summed E-state index contributed by atoms with van der Waals surface area (Å²) in [6.45, 7) is 1.82. The second-order valence-corrected chi connectivity index (χ2v) is 5.14. The van der Waals surface area contributed by atoms with Crippen LogP contribution in [0.2, 0.25) is 5.02 Å². The first-order chi connectivity index (χ1) is 10.1. The summed E-state index contributed by atoms with van der Waals surface area (Å²) in [5.41, 5.74) is 2.02. The van der Waals surface area contributed by atoms with Gasteiger partial charge < -0.3 is 9.72 Å². The van der Waals surface area contributed by atoms with E-state index in [2.05, 4.69) is 9.97 Å². The third kappa shape index (κ3) is 2.76. The van der Waals surface area contributed by atoms with Crippen LogP contribution in [0.5, 0.6) is 0 Å². The lowest BCUT2D eigenvalue weighted by Gasteiger charge is -2.14. The van der Waals surface area contributed by atoms with Crippen molar-refractivity contribution in [2.75, 3.05) is 0 Å². The molecule has 0 fully saturated rings. The van der Waals surface area contributed by atoms with E-state index in [0.29, 0.717) is 16.2 Å². The fraction of sp³-hybridized carbons (Fsp3) is 0.125. The van der Waals surface area contributed by atoms with Gasteiger partial charge >= 0.3 is 5.97 Å². The van der Waals surface area contributed by atoms with Crippen molar-refractivity contribution < 1.29 is 9.53 Å². The first kappa shape index (κ1) is 13.6. The monoisotopic (exact) mass is 300 g/mol. The summed E-state index contributed by atoms with van der Waals surface area (Å²) in [7, 11) is 0. The lowest BCUT2D eigenvalue weighted by molar-refractivity contribution is 0.0340. The first-order valence-electron chi connectivity index (χ1n) is 6.53. The molecule has 5 heteroatoms. The van der Waals surface area contributed by atoms with Crippen LogP contribution in [-0.2, 0) is 4.74 Å². The standard InChI is InChI=1S/C16H13ClN2O2/c1-10(11-3-2-4-12(17)9-11)21-16(20)14-6-8-19-15-13(14)5-7-18-15/h2-10H,1H3,(H,18,19). The Balaban J connectivity index is 1.85. The number of pyridine rings is 1. The Kier molecular flexibility index (Phi) is 3.62. The number of carbonyl (C=O) groups excluding carboxylic acids is 1. The van der Waals surface area contributed by atoms with Gasteiger partial charge in [-0.1, -0.05) is 23.7 Å². The van der Waals surface area contributed by atoms with Crippen molar-refractivity contribution in [3.05, 3.63) is 64.9 Å². The molecule has 1 unspecified atom stereocenters. The molecule has 0 radical (unpaired) electrons. The fourth-order valence-electron chi connectivity index (χ4n) is 2.19. The molecule has 0 amide bonds. The smallest absolute Gasteiger partial charge is 0.339 e. The van der Waals surface area contributed by atoms with Gasteiger partial charge in [0.15, 0.2) is 0 Å². The lowest BCUT2D eigenvalue weighted by Crippen LogP contribution is -2.09. The van der Waals surface area contributed by atoms with Crippen LogP contribution in [0.3, 0.4) is 0 Å². The summed E-state index contributed by atoms with van der Waals surface area (Å²) in [5.74, 6) is -0.380. The van der Waals surface area contributed by atoms with Gasteiger partial charge in [-0.3, -0.25) is 0 Å². The van der Waals surface area contributed by atoms with Gasteiger partial charge in [0.1, 0.15) is 11.8 Å². The Morgan fingerprint density at radius 2 is 2.19 bits per heavy atom. The molecule has 1 N–H and O–H groups in total. The quantitative estimate of drug-likeness (QED) is 0.740. The molecule has 0 saturated heterocycles. The van der Waals surface area contributed by atoms with Crippen LogP contribution in [0.4, 0.5) is 0 Å². The molecule has 0 aliphatic heterocycles. The van der Waals surface area contributed by atoms with Crippen molar-refractivity contribution in [2.45, 2.75) is 13.0 Å². The molecule has 0 saturated carbocycles. The van der Waals surface area contributed by atoms with E-state index in [1.54, 1.807) is 30.6 Å². The highest BCUT2D eigenvalue weighted by atomic mass is 35.5. The number of nitrogens with one attached hydrogen (secondary N) is 1. The number of benzene rings is 1. The molecule has 0 spiro atoms. The van der Waals surface area contributed by atoms with Gasteiger partial charge in [0, 0.05) is 22.8 Å². The largest absolute Gasteiger partial charge is 0.454 e. The van der Waals surface area contributed by atoms with Crippen molar-refractivity contribution in [3.8, 4) is 0 Å². The van der Waals surface area contributed by atoms with E-state index >= 15 is 0 Å². The molecule has 0 aliphatic carbocycles. The summed E-state index contributed by atoms with van der Waals surface area (Å²) in [5, 5.41) is 1.37. The summed E-state index contributed by atoms with van der Waals surface area (Å²) in [6, 6.07) is 10.7. The van der Waals surface area contributed by atoms with Crippen LogP contribution in [0.1, 0.15) is 28.9 Å². The number of aromatic amines is 1. The van der Waals surface area contributed by atoms with E-state index in [0.717, 1.165) is 10.9 Å². The van der Waals surface area contributed by atoms with Crippen LogP contribution in [-0.4, -0.2) is 15.9 Å². The number of rotatable bonds is 3. The predicted molar refractivity (Wildman–Crippen MR) is 81.4 cm³/mol. The Morgan fingerprint density at radius 3 is 3.00 bits per heavy atom. The number of hydrogen-bond donors (Lipinski definition) is 1. The Labute approximate surface area is 126 Å². The van der Waals surface area contributed by atoms with Crippen molar-refractivity contribution in [1.29, 1.82) is 0 Å².